The van der Waals surface area contributed by atoms with Gasteiger partial charge in [-0.1, -0.05) is 29.8 Å². The average Bonchev–Trinajstić information content (AvgIpc) is 3.24. The van der Waals surface area contributed by atoms with Gasteiger partial charge in [0.1, 0.15) is 11.3 Å². The summed E-state index contributed by atoms with van der Waals surface area (Å²) in [5.41, 5.74) is 5.62. The highest BCUT2D eigenvalue weighted by atomic mass is 16.5. The van der Waals surface area contributed by atoms with Gasteiger partial charge in [-0.15, -0.1) is 0 Å². The normalized spacial score (nSPS) is 14.3. The van der Waals surface area contributed by atoms with E-state index in [0.29, 0.717) is 0 Å². The lowest BCUT2D eigenvalue weighted by Crippen LogP contribution is -2.47. The molecule has 2 aromatic heterocycles. The van der Waals surface area contributed by atoms with Gasteiger partial charge in [0, 0.05) is 49.8 Å². The molecule has 2 aromatic carbocycles. The molecular weight excluding hydrogens is 374 g/mol. The van der Waals surface area contributed by atoms with E-state index in [4.69, 9.17) is 14.8 Å². The maximum Gasteiger partial charge on any atom is 0.154 e. The summed E-state index contributed by atoms with van der Waals surface area (Å²) in [7, 11) is 1.70. The fourth-order valence-corrected chi connectivity index (χ4v) is 3.99. The Kier molecular flexibility index (Phi) is 4.75. The number of hydrogen-bond donors (Lipinski definition) is 0. The van der Waals surface area contributed by atoms with Gasteiger partial charge in [-0.3, -0.25) is 0 Å². The summed E-state index contributed by atoms with van der Waals surface area (Å²) < 4.78 is 7.21. The molecule has 4 aromatic rings. The van der Waals surface area contributed by atoms with Crippen molar-refractivity contribution in [3.05, 3.63) is 72.6 Å². The second-order valence-electron chi connectivity index (χ2n) is 7.65. The highest BCUT2D eigenvalue weighted by Crippen LogP contribution is 2.27. The van der Waals surface area contributed by atoms with E-state index in [9.17, 15) is 0 Å². The highest BCUT2D eigenvalue weighted by Gasteiger charge is 2.21. The lowest BCUT2D eigenvalue weighted by atomic mass is 10.1. The van der Waals surface area contributed by atoms with Crippen molar-refractivity contribution in [3.63, 3.8) is 0 Å². The van der Waals surface area contributed by atoms with Crippen molar-refractivity contribution in [2.24, 2.45) is 0 Å². The molecular formula is C24H25N5O. The van der Waals surface area contributed by atoms with Crippen molar-refractivity contribution in [2.75, 3.05) is 43.1 Å². The summed E-state index contributed by atoms with van der Waals surface area (Å²) in [4.78, 5) is 9.47. The molecule has 30 heavy (non-hydrogen) atoms. The van der Waals surface area contributed by atoms with E-state index in [2.05, 4.69) is 59.2 Å². The second-order valence-corrected chi connectivity index (χ2v) is 7.65. The molecule has 0 saturated carbocycles. The highest BCUT2D eigenvalue weighted by molar-refractivity contribution is 5.75. The molecule has 0 spiro atoms. The van der Waals surface area contributed by atoms with Gasteiger partial charge in [-0.25, -0.2) is 9.50 Å². The molecule has 0 unspecified atom stereocenters. The van der Waals surface area contributed by atoms with Crippen molar-refractivity contribution in [3.8, 4) is 17.0 Å². The van der Waals surface area contributed by atoms with Gasteiger partial charge >= 0.3 is 0 Å². The molecule has 0 radical (unpaired) electrons. The molecule has 5 rings (SSSR count). The van der Waals surface area contributed by atoms with E-state index >= 15 is 0 Å². The van der Waals surface area contributed by atoms with Gasteiger partial charge in [0.25, 0.3) is 0 Å². The molecule has 0 aliphatic carbocycles. The zero-order valence-electron chi connectivity index (χ0n) is 17.3. The maximum absolute atomic E-state index is 5.27. The van der Waals surface area contributed by atoms with Crippen LogP contribution in [-0.2, 0) is 0 Å². The van der Waals surface area contributed by atoms with Crippen LogP contribution in [0.15, 0.2) is 67.0 Å². The summed E-state index contributed by atoms with van der Waals surface area (Å²) in [6, 6.07) is 18.9. The molecule has 6 nitrogen and oxygen atoms in total. The van der Waals surface area contributed by atoms with Crippen LogP contribution in [0.1, 0.15) is 5.56 Å². The van der Waals surface area contributed by atoms with Crippen molar-refractivity contribution in [2.45, 2.75) is 6.92 Å². The van der Waals surface area contributed by atoms with Crippen LogP contribution >= 0.6 is 0 Å². The largest absolute Gasteiger partial charge is 0.497 e. The Balaban J connectivity index is 1.37. The number of piperazine rings is 1. The van der Waals surface area contributed by atoms with Crippen molar-refractivity contribution < 1.29 is 4.74 Å². The van der Waals surface area contributed by atoms with Gasteiger partial charge < -0.3 is 14.5 Å². The number of fused-ring (bicyclic) bond motifs is 1. The molecule has 6 heteroatoms. The Bertz CT molecular complexity index is 1140. The molecule has 0 atom stereocenters. The predicted octanol–water partition coefficient (Wildman–Crippen LogP) is 4.04. The number of anilines is 2. The van der Waals surface area contributed by atoms with E-state index in [1.165, 1.54) is 11.3 Å². The molecule has 3 heterocycles. The lowest BCUT2D eigenvalue weighted by molar-refractivity contribution is 0.415. The van der Waals surface area contributed by atoms with Gasteiger partial charge in [0.05, 0.1) is 12.8 Å². The van der Waals surface area contributed by atoms with Gasteiger partial charge in [-0.05, 0) is 37.3 Å². The smallest absolute Gasteiger partial charge is 0.154 e. The van der Waals surface area contributed by atoms with Crippen molar-refractivity contribution in [1.82, 2.24) is 14.6 Å². The Morgan fingerprint density at radius 3 is 2.27 bits per heavy atom. The molecule has 0 bridgehead atoms. The second kappa shape index (κ2) is 7.71. The fourth-order valence-electron chi connectivity index (χ4n) is 3.99. The summed E-state index contributed by atoms with van der Waals surface area (Å²) >= 11 is 0. The number of hydrogen-bond acceptors (Lipinski definition) is 5. The summed E-state index contributed by atoms with van der Waals surface area (Å²) in [5.74, 6) is 1.89. The third-order valence-electron chi connectivity index (χ3n) is 5.73. The van der Waals surface area contributed by atoms with E-state index in [0.717, 1.165) is 54.5 Å². The van der Waals surface area contributed by atoms with Crippen LogP contribution in [0.2, 0.25) is 0 Å². The first kappa shape index (κ1) is 18.5. The number of benzene rings is 2. The Morgan fingerprint density at radius 1 is 0.867 bits per heavy atom. The van der Waals surface area contributed by atoms with Crippen LogP contribution in [-0.4, -0.2) is 47.9 Å². The summed E-state index contributed by atoms with van der Waals surface area (Å²) in [5, 5.41) is 4.77. The quantitative estimate of drug-likeness (QED) is 0.518. The van der Waals surface area contributed by atoms with Gasteiger partial charge in [0.2, 0.25) is 0 Å². The molecule has 1 aliphatic heterocycles. The average molecular weight is 399 g/mol. The number of aromatic nitrogens is 3. The number of methoxy groups -OCH3 is 1. The minimum Gasteiger partial charge on any atom is -0.497 e. The maximum atomic E-state index is 5.27. The molecule has 1 saturated heterocycles. The lowest BCUT2D eigenvalue weighted by Gasteiger charge is -2.36. The van der Waals surface area contributed by atoms with Gasteiger partial charge in [-0.2, -0.15) is 5.10 Å². The number of aryl methyl sites for hydroxylation is 1. The standard InChI is InChI=1S/C24H25N5O/c1-18-3-5-19(6-4-18)22-17-23-24(25-11-12-29(23)26-22)28-15-13-27(14-16-28)20-7-9-21(30-2)10-8-20/h3-12,17H,13-16H2,1-2H3. The monoisotopic (exact) mass is 399 g/mol. The third kappa shape index (κ3) is 3.45. The van der Waals surface area contributed by atoms with Crippen LogP contribution < -0.4 is 14.5 Å². The van der Waals surface area contributed by atoms with Crippen LogP contribution in [0.5, 0.6) is 5.75 Å². The number of ether oxygens (including phenoxy) is 1. The predicted molar refractivity (Wildman–Crippen MR) is 121 cm³/mol. The zero-order valence-corrected chi connectivity index (χ0v) is 17.3. The van der Waals surface area contributed by atoms with Crippen LogP contribution in [0.3, 0.4) is 0 Å². The third-order valence-corrected chi connectivity index (χ3v) is 5.73. The molecule has 0 N–H and O–H groups in total. The first-order valence-corrected chi connectivity index (χ1v) is 10.3. The molecule has 0 amide bonds. The topological polar surface area (TPSA) is 45.9 Å². The number of rotatable bonds is 4. The van der Waals surface area contributed by atoms with E-state index in [-0.39, 0.29) is 0 Å². The Morgan fingerprint density at radius 2 is 1.57 bits per heavy atom. The summed E-state index contributed by atoms with van der Waals surface area (Å²) in [6.45, 7) is 5.84. The van der Waals surface area contributed by atoms with Crippen molar-refractivity contribution in [1.29, 1.82) is 0 Å². The van der Waals surface area contributed by atoms with Crippen molar-refractivity contribution >= 4 is 17.0 Å². The minimum absolute atomic E-state index is 0.887. The first-order valence-electron chi connectivity index (χ1n) is 10.3. The van der Waals surface area contributed by atoms with E-state index < -0.39 is 0 Å². The minimum atomic E-state index is 0.887. The fraction of sp³-hybridized carbons (Fsp3) is 0.250. The zero-order chi connectivity index (χ0) is 20.5. The number of nitrogens with zero attached hydrogens (tertiary/aromatic N) is 5. The Hall–Kier alpha value is -3.54. The summed E-state index contributed by atoms with van der Waals surface area (Å²) in [6.07, 6.45) is 3.76. The Labute approximate surface area is 176 Å². The van der Waals surface area contributed by atoms with Crippen LogP contribution in [0, 0.1) is 6.92 Å². The molecule has 1 fully saturated rings. The van der Waals surface area contributed by atoms with Gasteiger partial charge in [0.15, 0.2) is 5.82 Å². The van der Waals surface area contributed by atoms with Crippen LogP contribution in [0.25, 0.3) is 16.8 Å². The van der Waals surface area contributed by atoms with Crippen LogP contribution in [0.4, 0.5) is 11.5 Å². The molecule has 152 valence electrons. The molecule has 1 aliphatic rings. The first-order chi connectivity index (χ1) is 14.7. The van der Waals surface area contributed by atoms with E-state index in [1.807, 2.05) is 29.0 Å². The van der Waals surface area contributed by atoms with E-state index in [1.54, 1.807) is 7.11 Å². The SMILES string of the molecule is COc1ccc(N2CCN(c3nccn4nc(-c5ccc(C)cc5)cc34)CC2)cc1.